The zero-order valence-corrected chi connectivity index (χ0v) is 11.5. The van der Waals surface area contributed by atoms with E-state index in [1.807, 2.05) is 42.5 Å². The largest absolute Gasteiger partial charge is 0.465 e. The molecule has 2 aromatic carbocycles. The summed E-state index contributed by atoms with van der Waals surface area (Å²) in [6.45, 7) is 0. The number of carbonyl (C=O) groups is 1. The average Bonchev–Trinajstić information content (AvgIpc) is 3.18. The Balaban J connectivity index is 1.81. The van der Waals surface area contributed by atoms with Gasteiger partial charge in [-0.05, 0) is 29.0 Å². The molecule has 1 aromatic heterocycles. The summed E-state index contributed by atoms with van der Waals surface area (Å²) >= 11 is 0. The molecule has 22 heavy (non-hydrogen) atoms. The summed E-state index contributed by atoms with van der Waals surface area (Å²) in [5.74, 6) is 0.411. The van der Waals surface area contributed by atoms with E-state index in [9.17, 15) is 4.79 Å². The molecule has 0 spiro atoms. The zero-order valence-electron chi connectivity index (χ0n) is 11.5. The van der Waals surface area contributed by atoms with Crippen LogP contribution in [0.5, 0.6) is 0 Å². The first-order chi connectivity index (χ1) is 10.8. The fraction of sp³-hybridized carbons (Fsp3) is 0. The third-order valence-corrected chi connectivity index (χ3v) is 3.46. The molecular weight excluding hydrogens is 278 g/mol. The monoisotopic (exact) mass is 289 g/mol. The summed E-state index contributed by atoms with van der Waals surface area (Å²) in [6, 6.07) is 17.2. The molecule has 0 bridgehead atoms. The van der Waals surface area contributed by atoms with Gasteiger partial charge < -0.3 is 9.15 Å². The maximum absolute atomic E-state index is 12.0. The van der Waals surface area contributed by atoms with Crippen molar-refractivity contribution in [2.75, 3.05) is 0 Å². The van der Waals surface area contributed by atoms with Crippen molar-refractivity contribution in [3.63, 3.8) is 0 Å². The van der Waals surface area contributed by atoms with E-state index >= 15 is 0 Å². The summed E-state index contributed by atoms with van der Waals surface area (Å²) in [5.41, 5.74) is 1.03. The van der Waals surface area contributed by atoms with Gasteiger partial charge in [-0.2, -0.15) is 0 Å². The molecule has 2 heterocycles. The third-order valence-electron chi connectivity index (χ3n) is 3.46. The maximum Gasteiger partial charge on any atom is 0.363 e. The summed E-state index contributed by atoms with van der Waals surface area (Å²) in [5, 5.41) is 2.07. The molecule has 0 amide bonds. The quantitative estimate of drug-likeness (QED) is 0.533. The lowest BCUT2D eigenvalue weighted by molar-refractivity contribution is -0.129. The van der Waals surface area contributed by atoms with Crippen LogP contribution < -0.4 is 0 Å². The Kier molecular flexibility index (Phi) is 2.86. The molecule has 1 aliphatic rings. The molecule has 3 aromatic rings. The molecule has 4 nitrogen and oxygen atoms in total. The molecular formula is C18H11NO3. The second-order valence-corrected chi connectivity index (χ2v) is 4.88. The second-order valence-electron chi connectivity index (χ2n) is 4.88. The molecule has 0 fully saturated rings. The maximum atomic E-state index is 12.0. The number of furan rings is 1. The number of hydrogen-bond acceptors (Lipinski definition) is 4. The van der Waals surface area contributed by atoms with Gasteiger partial charge in [0.05, 0.1) is 6.26 Å². The Morgan fingerprint density at radius 2 is 1.82 bits per heavy atom. The van der Waals surface area contributed by atoms with Gasteiger partial charge in [-0.1, -0.05) is 36.4 Å². The number of cyclic esters (lactones) is 1. The molecule has 0 N–H and O–H groups in total. The number of hydrogen-bond donors (Lipinski definition) is 0. The number of aliphatic imine (C=N–C) groups is 1. The second kappa shape index (κ2) is 5.00. The van der Waals surface area contributed by atoms with Gasteiger partial charge in [0.25, 0.3) is 0 Å². The highest BCUT2D eigenvalue weighted by molar-refractivity contribution is 6.17. The highest BCUT2D eigenvalue weighted by atomic mass is 16.6. The third kappa shape index (κ3) is 2.11. The Morgan fingerprint density at radius 1 is 0.955 bits per heavy atom. The van der Waals surface area contributed by atoms with Crippen LogP contribution in [0, 0.1) is 0 Å². The van der Waals surface area contributed by atoms with Crippen molar-refractivity contribution < 1.29 is 13.9 Å². The van der Waals surface area contributed by atoms with E-state index < -0.39 is 5.97 Å². The van der Waals surface area contributed by atoms with Crippen LogP contribution in [0.4, 0.5) is 0 Å². The molecule has 0 radical (unpaired) electrons. The zero-order chi connectivity index (χ0) is 14.9. The molecule has 4 rings (SSSR count). The molecule has 0 aliphatic carbocycles. The Labute approximate surface area is 126 Å². The molecule has 0 atom stereocenters. The number of esters is 1. The van der Waals surface area contributed by atoms with Crippen molar-refractivity contribution in [2.24, 2.45) is 4.99 Å². The predicted molar refractivity (Wildman–Crippen MR) is 83.3 cm³/mol. The van der Waals surface area contributed by atoms with Gasteiger partial charge >= 0.3 is 5.97 Å². The lowest BCUT2D eigenvalue weighted by Crippen LogP contribution is -2.05. The number of nitrogens with zero attached hydrogens (tertiary/aromatic N) is 1. The fourth-order valence-corrected chi connectivity index (χ4v) is 2.44. The standard InChI is InChI=1S/C18H11NO3/c20-18-16(11-13-7-4-10-21-13)19-17(22-18)15-9-3-6-12-5-1-2-8-14(12)15/h1-11H/b16-11+. The lowest BCUT2D eigenvalue weighted by Gasteiger charge is -2.04. The number of carbonyl (C=O) groups excluding carboxylic acids is 1. The van der Waals surface area contributed by atoms with Crippen LogP contribution in [0.15, 0.2) is 76.0 Å². The van der Waals surface area contributed by atoms with E-state index in [1.54, 1.807) is 24.5 Å². The van der Waals surface area contributed by atoms with Gasteiger partial charge in [-0.15, -0.1) is 0 Å². The Morgan fingerprint density at radius 3 is 2.68 bits per heavy atom. The highest BCUT2D eigenvalue weighted by Gasteiger charge is 2.25. The molecule has 1 aliphatic heterocycles. The first-order valence-electron chi connectivity index (χ1n) is 6.85. The predicted octanol–water partition coefficient (Wildman–Crippen LogP) is 3.78. The molecule has 0 unspecified atom stereocenters. The summed E-state index contributed by atoms with van der Waals surface area (Å²) in [4.78, 5) is 16.3. The van der Waals surface area contributed by atoms with Crippen molar-refractivity contribution in [1.82, 2.24) is 0 Å². The number of rotatable bonds is 2. The van der Waals surface area contributed by atoms with Crippen molar-refractivity contribution in [2.45, 2.75) is 0 Å². The number of benzene rings is 2. The van der Waals surface area contributed by atoms with Crippen molar-refractivity contribution in [1.29, 1.82) is 0 Å². The van der Waals surface area contributed by atoms with Gasteiger partial charge in [0.2, 0.25) is 5.90 Å². The topological polar surface area (TPSA) is 51.8 Å². The van der Waals surface area contributed by atoms with Gasteiger partial charge in [-0.3, -0.25) is 0 Å². The van der Waals surface area contributed by atoms with Gasteiger partial charge in [0.1, 0.15) is 5.76 Å². The Hall–Kier alpha value is -3.14. The molecule has 0 saturated heterocycles. The van der Waals surface area contributed by atoms with E-state index in [2.05, 4.69) is 4.99 Å². The summed E-state index contributed by atoms with van der Waals surface area (Å²) in [6.07, 6.45) is 3.11. The first kappa shape index (κ1) is 12.6. The van der Waals surface area contributed by atoms with E-state index in [0.29, 0.717) is 11.7 Å². The van der Waals surface area contributed by atoms with E-state index in [0.717, 1.165) is 16.3 Å². The van der Waals surface area contributed by atoms with Gasteiger partial charge in [0, 0.05) is 11.6 Å². The average molecular weight is 289 g/mol. The molecule has 4 heteroatoms. The van der Waals surface area contributed by atoms with Crippen molar-refractivity contribution >= 4 is 28.7 Å². The van der Waals surface area contributed by atoms with Gasteiger partial charge in [0.15, 0.2) is 5.70 Å². The Bertz CT molecular complexity index is 915. The van der Waals surface area contributed by atoms with Crippen molar-refractivity contribution in [3.05, 3.63) is 77.9 Å². The molecule has 0 saturated carbocycles. The fourth-order valence-electron chi connectivity index (χ4n) is 2.44. The highest BCUT2D eigenvalue weighted by Crippen LogP contribution is 2.24. The minimum absolute atomic E-state index is 0.234. The van der Waals surface area contributed by atoms with E-state index in [1.165, 1.54) is 0 Å². The van der Waals surface area contributed by atoms with E-state index in [4.69, 9.17) is 9.15 Å². The van der Waals surface area contributed by atoms with Crippen LogP contribution in [0.25, 0.3) is 16.8 Å². The summed E-state index contributed by atoms with van der Waals surface area (Å²) in [7, 11) is 0. The van der Waals surface area contributed by atoms with Crippen LogP contribution in [-0.2, 0) is 9.53 Å². The molecule has 106 valence electrons. The number of fused-ring (bicyclic) bond motifs is 1. The lowest BCUT2D eigenvalue weighted by atomic mass is 10.0. The smallest absolute Gasteiger partial charge is 0.363 e. The summed E-state index contributed by atoms with van der Waals surface area (Å²) < 4.78 is 10.5. The van der Waals surface area contributed by atoms with Crippen molar-refractivity contribution in [3.8, 4) is 0 Å². The van der Waals surface area contributed by atoms with Crippen LogP contribution >= 0.6 is 0 Å². The van der Waals surface area contributed by atoms with Gasteiger partial charge in [-0.25, -0.2) is 9.79 Å². The van der Waals surface area contributed by atoms with Crippen LogP contribution in [0.3, 0.4) is 0 Å². The normalized spacial score (nSPS) is 16.1. The van der Waals surface area contributed by atoms with E-state index in [-0.39, 0.29) is 5.70 Å². The minimum Gasteiger partial charge on any atom is -0.465 e. The first-order valence-corrected chi connectivity index (χ1v) is 6.85. The minimum atomic E-state index is -0.473. The van der Waals surface area contributed by atoms with Crippen LogP contribution in [0.1, 0.15) is 11.3 Å². The SMILES string of the molecule is O=C1OC(c2cccc3ccccc23)=N/C1=C/c1ccco1. The number of ether oxygens (including phenoxy) is 1. The van der Waals surface area contributed by atoms with Crippen LogP contribution in [0.2, 0.25) is 0 Å². The van der Waals surface area contributed by atoms with Crippen LogP contribution in [-0.4, -0.2) is 11.9 Å².